The third-order valence-electron chi connectivity index (χ3n) is 3.82. The maximum atomic E-state index is 14.1. The summed E-state index contributed by atoms with van der Waals surface area (Å²) in [6.07, 6.45) is 0. The predicted molar refractivity (Wildman–Crippen MR) is 69.9 cm³/mol. The zero-order chi connectivity index (χ0) is 15.8. The van der Waals surface area contributed by atoms with Crippen molar-refractivity contribution in [2.45, 2.75) is 0 Å². The van der Waals surface area contributed by atoms with Crippen molar-refractivity contribution in [1.82, 2.24) is 0 Å². The van der Waals surface area contributed by atoms with E-state index in [0.717, 1.165) is 12.1 Å². The highest BCUT2D eigenvalue weighted by Gasteiger charge is 2.26. The minimum Gasteiger partial charge on any atom is -0.204 e. The van der Waals surface area contributed by atoms with Gasteiger partial charge in [-0.1, -0.05) is 12.1 Å². The molecule has 0 aliphatic carbocycles. The Labute approximate surface area is 118 Å². The Morgan fingerprint density at radius 3 is 1.18 bits per heavy atom. The van der Waals surface area contributed by atoms with Crippen molar-refractivity contribution >= 4 is 32.3 Å². The Bertz CT molecular complexity index is 996. The van der Waals surface area contributed by atoms with Crippen LogP contribution in [0.1, 0.15) is 0 Å². The highest BCUT2D eigenvalue weighted by Crippen LogP contribution is 2.41. The molecule has 4 aromatic rings. The maximum absolute atomic E-state index is 14.1. The second kappa shape index (κ2) is 4.03. The van der Waals surface area contributed by atoms with E-state index in [-0.39, 0.29) is 21.5 Å². The molecule has 6 heteroatoms. The van der Waals surface area contributed by atoms with E-state index in [4.69, 9.17) is 0 Å². The molecule has 110 valence electrons. The fourth-order valence-corrected chi connectivity index (χ4v) is 2.90. The summed E-state index contributed by atoms with van der Waals surface area (Å²) in [4.78, 5) is 0. The molecule has 0 amide bonds. The van der Waals surface area contributed by atoms with E-state index in [2.05, 4.69) is 0 Å². The van der Waals surface area contributed by atoms with E-state index < -0.39 is 45.7 Å². The fourth-order valence-electron chi connectivity index (χ4n) is 2.90. The van der Waals surface area contributed by atoms with Crippen LogP contribution in [0, 0.1) is 34.9 Å². The van der Waals surface area contributed by atoms with Crippen LogP contribution in [0.4, 0.5) is 26.3 Å². The van der Waals surface area contributed by atoms with Crippen LogP contribution in [0.25, 0.3) is 32.3 Å². The molecule has 22 heavy (non-hydrogen) atoms. The van der Waals surface area contributed by atoms with Crippen LogP contribution in [-0.2, 0) is 0 Å². The van der Waals surface area contributed by atoms with Gasteiger partial charge in [0.15, 0.2) is 34.9 Å². The molecule has 4 aromatic carbocycles. The van der Waals surface area contributed by atoms with E-state index in [1.807, 2.05) is 0 Å². The van der Waals surface area contributed by atoms with Gasteiger partial charge in [-0.2, -0.15) is 0 Å². The van der Waals surface area contributed by atoms with Gasteiger partial charge in [-0.3, -0.25) is 0 Å². The molecule has 0 N–H and O–H groups in total. The van der Waals surface area contributed by atoms with E-state index >= 15 is 0 Å². The predicted octanol–water partition coefficient (Wildman–Crippen LogP) is 5.42. The van der Waals surface area contributed by atoms with Gasteiger partial charge in [0.05, 0.1) is 10.8 Å². The van der Waals surface area contributed by atoms with Crippen molar-refractivity contribution < 1.29 is 26.3 Å². The molecule has 0 aromatic heterocycles. The Kier molecular flexibility index (Phi) is 2.41. The lowest BCUT2D eigenvalue weighted by molar-refractivity contribution is 0.489. The number of hydrogen-bond acceptors (Lipinski definition) is 0. The number of benzene rings is 4. The summed E-state index contributed by atoms with van der Waals surface area (Å²) in [5.41, 5.74) is 0. The first kappa shape index (κ1) is 13.2. The highest BCUT2D eigenvalue weighted by molar-refractivity contribution is 6.23. The molecule has 0 fully saturated rings. The van der Waals surface area contributed by atoms with Crippen molar-refractivity contribution in [3.63, 3.8) is 0 Å². The van der Waals surface area contributed by atoms with Gasteiger partial charge in [-0.15, -0.1) is 0 Å². The molecule has 0 radical (unpaired) electrons. The summed E-state index contributed by atoms with van der Waals surface area (Å²) < 4.78 is 83.1. The molecular formula is C16H4F6. The van der Waals surface area contributed by atoms with Gasteiger partial charge in [0, 0.05) is 10.8 Å². The summed E-state index contributed by atoms with van der Waals surface area (Å²) in [6, 6.07) is 4.22. The molecule has 4 rings (SSSR count). The van der Waals surface area contributed by atoms with Gasteiger partial charge in [-0.25, -0.2) is 26.3 Å². The van der Waals surface area contributed by atoms with Gasteiger partial charge in [0.1, 0.15) is 0 Å². The molecule has 0 saturated carbocycles. The van der Waals surface area contributed by atoms with Crippen molar-refractivity contribution in [1.29, 1.82) is 0 Å². The summed E-state index contributed by atoms with van der Waals surface area (Å²) in [7, 11) is 0. The number of halogens is 6. The average Bonchev–Trinajstić information content (AvgIpc) is 2.48. The summed E-state index contributed by atoms with van der Waals surface area (Å²) in [6.45, 7) is 0. The number of rotatable bonds is 0. The van der Waals surface area contributed by atoms with Crippen LogP contribution in [-0.4, -0.2) is 0 Å². The SMILES string of the molecule is Fc1cc2ccc3cc(F)c(F)c4c(F)c(F)c(c1F)c2c34. The molecule has 0 aliphatic rings. The molecule has 0 unspecified atom stereocenters. The van der Waals surface area contributed by atoms with Gasteiger partial charge >= 0.3 is 0 Å². The summed E-state index contributed by atoms with van der Waals surface area (Å²) >= 11 is 0. The minimum atomic E-state index is -1.74. The van der Waals surface area contributed by atoms with Gasteiger partial charge in [-0.05, 0) is 22.9 Å². The average molecular weight is 310 g/mol. The molecule has 0 spiro atoms. The third-order valence-corrected chi connectivity index (χ3v) is 3.82. The quantitative estimate of drug-likeness (QED) is 0.300. The van der Waals surface area contributed by atoms with Crippen molar-refractivity contribution in [2.75, 3.05) is 0 Å². The van der Waals surface area contributed by atoms with Crippen LogP contribution < -0.4 is 0 Å². The van der Waals surface area contributed by atoms with Crippen molar-refractivity contribution in [3.8, 4) is 0 Å². The molecule has 0 nitrogen and oxygen atoms in total. The van der Waals surface area contributed by atoms with Crippen LogP contribution in [0.3, 0.4) is 0 Å². The Balaban J connectivity index is 2.51. The summed E-state index contributed by atoms with van der Waals surface area (Å²) in [5.74, 6) is -9.32. The second-order valence-corrected chi connectivity index (χ2v) is 4.98. The normalized spacial score (nSPS) is 12.1. The lowest BCUT2D eigenvalue weighted by Crippen LogP contribution is -2.01. The Morgan fingerprint density at radius 2 is 0.818 bits per heavy atom. The monoisotopic (exact) mass is 310 g/mol. The van der Waals surface area contributed by atoms with Crippen LogP contribution in [0.2, 0.25) is 0 Å². The van der Waals surface area contributed by atoms with Crippen molar-refractivity contribution in [3.05, 3.63) is 59.2 Å². The van der Waals surface area contributed by atoms with Gasteiger partial charge in [0.2, 0.25) is 0 Å². The molecule has 0 bridgehead atoms. The second-order valence-electron chi connectivity index (χ2n) is 4.98. The molecule has 0 saturated heterocycles. The smallest absolute Gasteiger partial charge is 0.170 e. The topological polar surface area (TPSA) is 0 Å². The fraction of sp³-hybridized carbons (Fsp3) is 0. The zero-order valence-electron chi connectivity index (χ0n) is 10.6. The Hall–Kier alpha value is -2.50. The zero-order valence-corrected chi connectivity index (χ0v) is 10.6. The largest absolute Gasteiger partial charge is 0.204 e. The van der Waals surface area contributed by atoms with Crippen LogP contribution >= 0.6 is 0 Å². The van der Waals surface area contributed by atoms with E-state index in [0.29, 0.717) is 0 Å². The van der Waals surface area contributed by atoms with E-state index in [9.17, 15) is 26.3 Å². The lowest BCUT2D eigenvalue weighted by atomic mass is 9.92. The first-order valence-corrected chi connectivity index (χ1v) is 6.20. The Morgan fingerprint density at radius 1 is 0.455 bits per heavy atom. The first-order valence-electron chi connectivity index (χ1n) is 6.20. The molecule has 0 aliphatic heterocycles. The van der Waals surface area contributed by atoms with E-state index in [1.54, 1.807) is 0 Å². The molecule has 0 heterocycles. The van der Waals surface area contributed by atoms with Gasteiger partial charge in [0.25, 0.3) is 0 Å². The third kappa shape index (κ3) is 1.39. The summed E-state index contributed by atoms with van der Waals surface area (Å²) in [5, 5.41) is -2.03. The highest BCUT2D eigenvalue weighted by atomic mass is 19.2. The standard InChI is InChI=1S/C16H4F6/c17-7-3-5-1-2-6-4-8(18)14(20)12-10(6)9(5)11(13(7)19)15(21)16(12)22/h1-4H. The molecule has 0 atom stereocenters. The molecular weight excluding hydrogens is 306 g/mol. The van der Waals surface area contributed by atoms with Gasteiger partial charge < -0.3 is 0 Å². The van der Waals surface area contributed by atoms with E-state index in [1.165, 1.54) is 12.1 Å². The van der Waals surface area contributed by atoms with Crippen LogP contribution in [0.15, 0.2) is 24.3 Å². The number of hydrogen-bond donors (Lipinski definition) is 0. The minimum absolute atomic E-state index is 0.0660. The maximum Gasteiger partial charge on any atom is 0.170 e. The lowest BCUT2D eigenvalue weighted by Gasteiger charge is -2.14. The van der Waals surface area contributed by atoms with Crippen LogP contribution in [0.5, 0.6) is 0 Å². The first-order chi connectivity index (χ1) is 10.4. The van der Waals surface area contributed by atoms with Crippen molar-refractivity contribution in [2.24, 2.45) is 0 Å².